The van der Waals surface area contributed by atoms with E-state index in [4.69, 9.17) is 9.47 Å². The van der Waals surface area contributed by atoms with Gasteiger partial charge in [0, 0.05) is 12.2 Å². The zero-order valence-electron chi connectivity index (χ0n) is 12.0. The highest BCUT2D eigenvalue weighted by atomic mass is 16.6. The summed E-state index contributed by atoms with van der Waals surface area (Å²) in [6, 6.07) is 12.9. The average Bonchev–Trinajstić information content (AvgIpc) is 3.00. The van der Waals surface area contributed by atoms with Crippen LogP contribution in [0.4, 0.5) is 5.69 Å². The zero-order chi connectivity index (χ0) is 14.1. The van der Waals surface area contributed by atoms with Gasteiger partial charge in [-0.2, -0.15) is 0 Å². The van der Waals surface area contributed by atoms with Crippen LogP contribution in [0.25, 0.3) is 0 Å². The Bertz CT molecular complexity index is 666. The second-order valence-electron chi connectivity index (χ2n) is 5.67. The van der Waals surface area contributed by atoms with E-state index in [2.05, 4.69) is 35.6 Å². The number of nitrogens with one attached hydrogen (secondary N) is 1. The summed E-state index contributed by atoms with van der Waals surface area (Å²) in [5.41, 5.74) is 5.42. The molecule has 0 radical (unpaired) electrons. The Labute approximate surface area is 124 Å². The summed E-state index contributed by atoms with van der Waals surface area (Å²) in [5, 5.41) is 3.50. The topological polar surface area (TPSA) is 30.5 Å². The van der Waals surface area contributed by atoms with Crippen LogP contribution in [-0.4, -0.2) is 13.2 Å². The van der Waals surface area contributed by atoms with Crippen molar-refractivity contribution in [2.75, 3.05) is 18.5 Å². The monoisotopic (exact) mass is 281 g/mol. The van der Waals surface area contributed by atoms with E-state index in [9.17, 15) is 0 Å². The molecule has 0 saturated heterocycles. The van der Waals surface area contributed by atoms with Crippen LogP contribution in [0.2, 0.25) is 0 Å². The van der Waals surface area contributed by atoms with Crippen LogP contribution in [0.1, 0.15) is 23.1 Å². The number of aryl methyl sites for hydroxylation is 2. The molecule has 0 fully saturated rings. The number of anilines is 1. The molecule has 0 unspecified atom stereocenters. The molecule has 0 spiro atoms. The minimum Gasteiger partial charge on any atom is -0.486 e. The van der Waals surface area contributed by atoms with Gasteiger partial charge in [-0.05, 0) is 60.2 Å². The van der Waals surface area contributed by atoms with Crippen LogP contribution in [0.5, 0.6) is 11.5 Å². The summed E-state index contributed by atoms with van der Waals surface area (Å²) in [4.78, 5) is 0. The normalized spacial score (nSPS) is 15.6. The van der Waals surface area contributed by atoms with E-state index in [1.807, 2.05) is 6.07 Å². The van der Waals surface area contributed by atoms with Gasteiger partial charge in [-0.3, -0.25) is 0 Å². The van der Waals surface area contributed by atoms with E-state index in [1.165, 1.54) is 41.6 Å². The van der Waals surface area contributed by atoms with E-state index >= 15 is 0 Å². The van der Waals surface area contributed by atoms with Crippen molar-refractivity contribution in [3.8, 4) is 11.5 Å². The molecule has 0 amide bonds. The molecule has 0 aromatic heterocycles. The Hall–Kier alpha value is -2.16. The van der Waals surface area contributed by atoms with Gasteiger partial charge in [0.05, 0.1) is 0 Å². The molecule has 21 heavy (non-hydrogen) atoms. The van der Waals surface area contributed by atoms with E-state index in [-0.39, 0.29) is 0 Å². The van der Waals surface area contributed by atoms with Gasteiger partial charge in [0.15, 0.2) is 11.5 Å². The van der Waals surface area contributed by atoms with Crippen molar-refractivity contribution < 1.29 is 9.47 Å². The molecular weight excluding hydrogens is 262 g/mol. The zero-order valence-corrected chi connectivity index (χ0v) is 12.0. The maximum absolute atomic E-state index is 5.62. The number of hydrogen-bond acceptors (Lipinski definition) is 3. The fraction of sp³-hybridized carbons (Fsp3) is 0.333. The van der Waals surface area contributed by atoms with Gasteiger partial charge in [0.25, 0.3) is 0 Å². The van der Waals surface area contributed by atoms with Crippen molar-refractivity contribution in [3.05, 3.63) is 53.1 Å². The first-order chi connectivity index (χ1) is 10.4. The molecule has 1 aliphatic heterocycles. The van der Waals surface area contributed by atoms with Crippen molar-refractivity contribution in [3.63, 3.8) is 0 Å². The molecule has 3 heteroatoms. The van der Waals surface area contributed by atoms with Crippen molar-refractivity contribution in [2.24, 2.45) is 0 Å². The minimum absolute atomic E-state index is 0.634. The molecule has 2 aliphatic rings. The van der Waals surface area contributed by atoms with Crippen LogP contribution in [0, 0.1) is 0 Å². The Morgan fingerprint density at radius 1 is 0.857 bits per heavy atom. The number of rotatable bonds is 3. The lowest BCUT2D eigenvalue weighted by molar-refractivity contribution is 0.171. The molecule has 1 heterocycles. The van der Waals surface area contributed by atoms with Crippen molar-refractivity contribution in [2.45, 2.75) is 25.8 Å². The van der Waals surface area contributed by atoms with Gasteiger partial charge in [0.2, 0.25) is 0 Å². The lowest BCUT2D eigenvalue weighted by atomic mass is 10.1. The Morgan fingerprint density at radius 3 is 2.67 bits per heavy atom. The fourth-order valence-corrected chi connectivity index (χ4v) is 3.08. The molecule has 0 atom stereocenters. The first-order valence-electron chi connectivity index (χ1n) is 7.63. The van der Waals surface area contributed by atoms with Gasteiger partial charge < -0.3 is 14.8 Å². The van der Waals surface area contributed by atoms with Crippen LogP contribution in [-0.2, 0) is 19.4 Å². The Kier molecular flexibility index (Phi) is 3.18. The number of fused-ring (bicyclic) bond motifs is 2. The molecular formula is C18H19NO2. The highest BCUT2D eigenvalue weighted by Gasteiger charge is 2.12. The highest BCUT2D eigenvalue weighted by Crippen LogP contribution is 2.31. The summed E-state index contributed by atoms with van der Waals surface area (Å²) < 4.78 is 11.2. The van der Waals surface area contributed by atoms with Gasteiger partial charge in [-0.25, -0.2) is 0 Å². The first kappa shape index (κ1) is 12.6. The Morgan fingerprint density at radius 2 is 1.71 bits per heavy atom. The largest absolute Gasteiger partial charge is 0.486 e. The SMILES string of the molecule is c1cc2c(cc1CNc1ccc3c(c1)CCC3)OCCO2. The third kappa shape index (κ3) is 2.56. The maximum atomic E-state index is 5.62. The minimum atomic E-state index is 0.634. The van der Waals surface area contributed by atoms with Gasteiger partial charge in [-0.1, -0.05) is 12.1 Å². The summed E-state index contributed by atoms with van der Waals surface area (Å²) in [6.07, 6.45) is 3.74. The molecule has 0 saturated carbocycles. The van der Waals surface area contributed by atoms with Crippen LogP contribution in [0.15, 0.2) is 36.4 Å². The summed E-state index contributed by atoms with van der Waals surface area (Å²) in [5.74, 6) is 1.71. The van der Waals surface area contributed by atoms with Crippen molar-refractivity contribution >= 4 is 5.69 Å². The predicted octanol–water partition coefficient (Wildman–Crippen LogP) is 3.56. The average molecular weight is 281 g/mol. The summed E-state index contributed by atoms with van der Waals surface area (Å²) in [6.45, 7) is 2.07. The predicted molar refractivity (Wildman–Crippen MR) is 83.2 cm³/mol. The standard InChI is InChI=1S/C18H19NO2/c1-2-14-5-6-16(11-15(14)3-1)19-12-13-4-7-17-18(10-13)21-9-8-20-17/h4-7,10-11,19H,1-3,8-9,12H2. The Balaban J connectivity index is 1.47. The maximum Gasteiger partial charge on any atom is 0.161 e. The quantitative estimate of drug-likeness (QED) is 0.933. The molecule has 3 nitrogen and oxygen atoms in total. The number of hydrogen-bond donors (Lipinski definition) is 1. The van der Waals surface area contributed by atoms with Crippen LogP contribution >= 0.6 is 0 Å². The van der Waals surface area contributed by atoms with Crippen molar-refractivity contribution in [1.82, 2.24) is 0 Å². The van der Waals surface area contributed by atoms with E-state index in [1.54, 1.807) is 0 Å². The second-order valence-corrected chi connectivity index (χ2v) is 5.67. The molecule has 0 bridgehead atoms. The van der Waals surface area contributed by atoms with Gasteiger partial charge >= 0.3 is 0 Å². The van der Waals surface area contributed by atoms with Gasteiger partial charge in [0.1, 0.15) is 13.2 Å². The van der Waals surface area contributed by atoms with E-state index in [0.29, 0.717) is 13.2 Å². The van der Waals surface area contributed by atoms with Crippen LogP contribution < -0.4 is 14.8 Å². The summed E-state index contributed by atoms with van der Waals surface area (Å²) in [7, 11) is 0. The van der Waals surface area contributed by atoms with E-state index in [0.717, 1.165) is 18.0 Å². The van der Waals surface area contributed by atoms with E-state index < -0.39 is 0 Å². The highest BCUT2D eigenvalue weighted by molar-refractivity contribution is 5.51. The number of benzene rings is 2. The molecule has 1 N–H and O–H groups in total. The third-order valence-corrected chi connectivity index (χ3v) is 4.20. The first-order valence-corrected chi connectivity index (χ1v) is 7.63. The number of ether oxygens (including phenoxy) is 2. The summed E-state index contributed by atoms with van der Waals surface area (Å²) >= 11 is 0. The van der Waals surface area contributed by atoms with Crippen molar-refractivity contribution in [1.29, 1.82) is 0 Å². The van der Waals surface area contributed by atoms with Crippen LogP contribution in [0.3, 0.4) is 0 Å². The third-order valence-electron chi connectivity index (χ3n) is 4.20. The molecule has 4 rings (SSSR count). The molecule has 2 aromatic rings. The fourth-order valence-electron chi connectivity index (χ4n) is 3.08. The lowest BCUT2D eigenvalue weighted by Crippen LogP contribution is -2.15. The second kappa shape index (κ2) is 5.32. The molecule has 108 valence electrons. The molecule has 1 aliphatic carbocycles. The molecule has 2 aromatic carbocycles. The smallest absolute Gasteiger partial charge is 0.161 e. The van der Waals surface area contributed by atoms with Gasteiger partial charge in [-0.15, -0.1) is 0 Å². The lowest BCUT2D eigenvalue weighted by Gasteiger charge is -2.19.